The summed E-state index contributed by atoms with van der Waals surface area (Å²) in [7, 11) is -2.06. The molecule has 162 valence electrons. The standard InChI is InChI=1S/C23H25N3O3S2/c1-24(31(28,29)22-8-5-17-30-22)21-11-9-20(10-12-21)23(27)26-15-13-25(14-16-26)18-19-6-3-2-4-7-19/h2-12,17H,13-16,18H2,1H3. The van der Waals surface area contributed by atoms with Gasteiger partial charge in [0.2, 0.25) is 0 Å². The Morgan fingerprint density at radius 1 is 0.935 bits per heavy atom. The van der Waals surface area contributed by atoms with E-state index in [9.17, 15) is 13.2 Å². The van der Waals surface area contributed by atoms with Gasteiger partial charge >= 0.3 is 0 Å². The van der Waals surface area contributed by atoms with Crippen molar-refractivity contribution in [2.75, 3.05) is 37.5 Å². The molecule has 2 heterocycles. The molecule has 1 amide bonds. The lowest BCUT2D eigenvalue weighted by Crippen LogP contribution is -2.48. The number of nitrogens with zero attached hydrogens (tertiary/aromatic N) is 3. The van der Waals surface area contributed by atoms with E-state index in [1.807, 2.05) is 23.1 Å². The average molecular weight is 456 g/mol. The van der Waals surface area contributed by atoms with Crippen LogP contribution in [0, 0.1) is 0 Å². The topological polar surface area (TPSA) is 60.9 Å². The van der Waals surface area contributed by atoms with Crippen molar-refractivity contribution in [3.05, 3.63) is 83.2 Å². The van der Waals surface area contributed by atoms with E-state index in [1.54, 1.807) is 41.8 Å². The van der Waals surface area contributed by atoms with Crippen LogP contribution in [-0.2, 0) is 16.6 Å². The maximum Gasteiger partial charge on any atom is 0.273 e. The Morgan fingerprint density at radius 2 is 1.61 bits per heavy atom. The van der Waals surface area contributed by atoms with Gasteiger partial charge in [0.05, 0.1) is 5.69 Å². The van der Waals surface area contributed by atoms with Crippen LogP contribution in [0.1, 0.15) is 15.9 Å². The number of sulfonamides is 1. The molecule has 31 heavy (non-hydrogen) atoms. The number of carbonyl (C=O) groups is 1. The number of anilines is 1. The van der Waals surface area contributed by atoms with Crippen molar-refractivity contribution < 1.29 is 13.2 Å². The summed E-state index contributed by atoms with van der Waals surface area (Å²) in [4.78, 5) is 17.1. The zero-order valence-corrected chi connectivity index (χ0v) is 19.0. The molecule has 4 rings (SSSR count). The Morgan fingerprint density at radius 3 is 2.23 bits per heavy atom. The van der Waals surface area contributed by atoms with E-state index >= 15 is 0 Å². The highest BCUT2D eigenvalue weighted by Gasteiger charge is 2.24. The molecule has 3 aromatic rings. The fourth-order valence-electron chi connectivity index (χ4n) is 3.63. The predicted octanol–water partition coefficient (Wildman–Crippen LogP) is 3.53. The first-order valence-electron chi connectivity index (χ1n) is 10.1. The molecule has 0 bridgehead atoms. The second-order valence-corrected chi connectivity index (χ2v) is 10.6. The van der Waals surface area contributed by atoms with Gasteiger partial charge in [0.25, 0.3) is 15.9 Å². The molecule has 0 radical (unpaired) electrons. The Labute approximate surface area is 187 Å². The van der Waals surface area contributed by atoms with Crippen LogP contribution < -0.4 is 4.31 Å². The van der Waals surface area contributed by atoms with Crippen LogP contribution in [0.5, 0.6) is 0 Å². The molecule has 2 aromatic carbocycles. The van der Waals surface area contributed by atoms with Crippen LogP contribution in [-0.4, -0.2) is 57.4 Å². The van der Waals surface area contributed by atoms with Gasteiger partial charge in [0.1, 0.15) is 4.21 Å². The second kappa shape index (κ2) is 9.21. The average Bonchev–Trinajstić information content (AvgIpc) is 3.35. The molecule has 1 aromatic heterocycles. The van der Waals surface area contributed by atoms with Crippen LogP contribution in [0.15, 0.2) is 76.3 Å². The van der Waals surface area contributed by atoms with E-state index in [0.29, 0.717) is 28.5 Å². The summed E-state index contributed by atoms with van der Waals surface area (Å²) >= 11 is 1.19. The van der Waals surface area contributed by atoms with E-state index in [0.717, 1.165) is 19.6 Å². The quantitative estimate of drug-likeness (QED) is 0.571. The van der Waals surface area contributed by atoms with Crippen LogP contribution >= 0.6 is 11.3 Å². The molecule has 0 atom stereocenters. The van der Waals surface area contributed by atoms with Gasteiger partial charge in [-0.15, -0.1) is 11.3 Å². The minimum atomic E-state index is -3.58. The van der Waals surface area contributed by atoms with Gasteiger partial charge in [0, 0.05) is 45.3 Å². The summed E-state index contributed by atoms with van der Waals surface area (Å²) in [5, 5.41) is 1.74. The lowest BCUT2D eigenvalue weighted by Gasteiger charge is -2.34. The first-order valence-corrected chi connectivity index (χ1v) is 12.5. The van der Waals surface area contributed by atoms with Crippen molar-refractivity contribution >= 4 is 33.0 Å². The van der Waals surface area contributed by atoms with Crippen LogP contribution in [0.25, 0.3) is 0 Å². The fraction of sp³-hybridized carbons (Fsp3) is 0.261. The lowest BCUT2D eigenvalue weighted by molar-refractivity contribution is 0.0628. The second-order valence-electron chi connectivity index (χ2n) is 7.51. The highest BCUT2D eigenvalue weighted by Crippen LogP contribution is 2.25. The minimum Gasteiger partial charge on any atom is -0.336 e. The third-order valence-corrected chi connectivity index (χ3v) is 8.65. The molecule has 6 nitrogen and oxygen atoms in total. The number of piperazine rings is 1. The smallest absolute Gasteiger partial charge is 0.273 e. The van der Waals surface area contributed by atoms with Gasteiger partial charge < -0.3 is 4.90 Å². The van der Waals surface area contributed by atoms with Crippen molar-refractivity contribution in [2.24, 2.45) is 0 Å². The van der Waals surface area contributed by atoms with Crippen molar-refractivity contribution in [2.45, 2.75) is 10.8 Å². The van der Waals surface area contributed by atoms with Crippen LogP contribution in [0.2, 0.25) is 0 Å². The first-order chi connectivity index (χ1) is 14.9. The first kappa shape index (κ1) is 21.5. The number of carbonyl (C=O) groups excluding carboxylic acids is 1. The van der Waals surface area contributed by atoms with E-state index < -0.39 is 10.0 Å². The predicted molar refractivity (Wildman–Crippen MR) is 124 cm³/mol. The number of hydrogen-bond donors (Lipinski definition) is 0. The van der Waals surface area contributed by atoms with Gasteiger partial charge in [-0.3, -0.25) is 14.0 Å². The number of hydrogen-bond acceptors (Lipinski definition) is 5. The van der Waals surface area contributed by atoms with Gasteiger partial charge in [-0.25, -0.2) is 8.42 Å². The van der Waals surface area contributed by atoms with Crippen molar-refractivity contribution in [1.82, 2.24) is 9.80 Å². The lowest BCUT2D eigenvalue weighted by atomic mass is 10.1. The molecular formula is C23H25N3O3S2. The summed E-state index contributed by atoms with van der Waals surface area (Å²) < 4.78 is 26.9. The maximum absolute atomic E-state index is 12.9. The number of amides is 1. The largest absolute Gasteiger partial charge is 0.336 e. The molecular weight excluding hydrogens is 430 g/mol. The van der Waals surface area contributed by atoms with Gasteiger partial charge in [-0.2, -0.15) is 0 Å². The van der Waals surface area contributed by atoms with Crippen molar-refractivity contribution in [3.8, 4) is 0 Å². The fourth-order valence-corrected chi connectivity index (χ4v) is 5.99. The Bertz CT molecular complexity index is 1110. The summed E-state index contributed by atoms with van der Waals surface area (Å²) in [6.45, 7) is 3.92. The molecule has 1 fully saturated rings. The maximum atomic E-state index is 12.9. The molecule has 1 aliphatic rings. The number of benzene rings is 2. The van der Waals surface area contributed by atoms with Crippen molar-refractivity contribution in [1.29, 1.82) is 0 Å². The third-order valence-electron chi connectivity index (χ3n) is 5.50. The number of thiophene rings is 1. The molecule has 0 N–H and O–H groups in total. The Balaban J connectivity index is 1.37. The molecule has 0 unspecified atom stereocenters. The molecule has 0 spiro atoms. The van der Waals surface area contributed by atoms with Crippen LogP contribution in [0.3, 0.4) is 0 Å². The van der Waals surface area contributed by atoms with Crippen LogP contribution in [0.4, 0.5) is 5.69 Å². The highest BCUT2D eigenvalue weighted by molar-refractivity contribution is 7.94. The molecule has 1 saturated heterocycles. The molecule has 0 aliphatic carbocycles. The Kier molecular flexibility index (Phi) is 6.41. The third kappa shape index (κ3) is 4.81. The monoisotopic (exact) mass is 455 g/mol. The summed E-state index contributed by atoms with van der Waals surface area (Å²) in [5.41, 5.74) is 2.37. The van der Waals surface area contributed by atoms with E-state index in [-0.39, 0.29) is 5.91 Å². The van der Waals surface area contributed by atoms with Gasteiger partial charge in [0.15, 0.2) is 0 Å². The van der Waals surface area contributed by atoms with Gasteiger partial charge in [-0.05, 0) is 41.3 Å². The van der Waals surface area contributed by atoms with E-state index in [2.05, 4.69) is 17.0 Å². The normalized spacial score (nSPS) is 15.1. The van der Waals surface area contributed by atoms with E-state index in [4.69, 9.17) is 0 Å². The van der Waals surface area contributed by atoms with Crippen molar-refractivity contribution in [3.63, 3.8) is 0 Å². The SMILES string of the molecule is CN(c1ccc(C(=O)N2CCN(Cc3ccccc3)CC2)cc1)S(=O)(=O)c1cccs1. The minimum absolute atomic E-state index is 0.0188. The van der Waals surface area contributed by atoms with Gasteiger partial charge in [-0.1, -0.05) is 36.4 Å². The zero-order chi connectivity index (χ0) is 21.8. The molecule has 8 heteroatoms. The molecule has 1 aliphatic heterocycles. The summed E-state index contributed by atoms with van der Waals surface area (Å²) in [6.07, 6.45) is 0. The highest BCUT2D eigenvalue weighted by atomic mass is 32.2. The Hall–Kier alpha value is -2.68. The van der Waals surface area contributed by atoms with E-state index in [1.165, 1.54) is 28.3 Å². The summed E-state index contributed by atoms with van der Waals surface area (Å²) in [5.74, 6) is -0.0188. The molecule has 0 saturated carbocycles. The zero-order valence-electron chi connectivity index (χ0n) is 17.3. The number of rotatable bonds is 6. The summed E-state index contributed by atoms with van der Waals surface area (Å²) in [6, 6.07) is 20.4.